The molecule has 0 radical (unpaired) electrons. The number of hydrogen-bond acceptors (Lipinski definition) is 5. The van der Waals surface area contributed by atoms with Crippen molar-refractivity contribution in [2.75, 3.05) is 0 Å². The standard InChI is InChI=1S/C10H15N5O3/c1-6-4-2-3-5-10(6,9(17)18)11-8(16)7-12-14-15-13-7/h6H,2-5H2,1H3,(H,11,16)(H,17,18)(H,12,13,14,15). The van der Waals surface area contributed by atoms with Gasteiger partial charge in [0.15, 0.2) is 0 Å². The molecule has 1 aliphatic carbocycles. The summed E-state index contributed by atoms with van der Waals surface area (Å²) in [6, 6.07) is 0. The molecule has 0 spiro atoms. The minimum atomic E-state index is -1.23. The number of aromatic nitrogens is 4. The van der Waals surface area contributed by atoms with Gasteiger partial charge in [-0.2, -0.15) is 5.21 Å². The van der Waals surface area contributed by atoms with E-state index >= 15 is 0 Å². The summed E-state index contributed by atoms with van der Waals surface area (Å²) in [5.74, 6) is -1.89. The molecule has 2 rings (SSSR count). The van der Waals surface area contributed by atoms with Crippen molar-refractivity contribution in [3.05, 3.63) is 5.82 Å². The first kappa shape index (κ1) is 12.5. The Morgan fingerprint density at radius 3 is 2.83 bits per heavy atom. The van der Waals surface area contributed by atoms with E-state index in [4.69, 9.17) is 0 Å². The Kier molecular flexibility index (Phi) is 3.26. The van der Waals surface area contributed by atoms with E-state index in [1.165, 1.54) is 0 Å². The molecule has 8 nitrogen and oxygen atoms in total. The molecule has 0 saturated heterocycles. The van der Waals surface area contributed by atoms with Gasteiger partial charge in [-0.3, -0.25) is 4.79 Å². The van der Waals surface area contributed by atoms with E-state index < -0.39 is 17.4 Å². The topological polar surface area (TPSA) is 121 Å². The number of hydrogen-bond donors (Lipinski definition) is 3. The number of carboxylic acids is 1. The second kappa shape index (κ2) is 4.71. The first-order valence-corrected chi connectivity index (χ1v) is 5.85. The Balaban J connectivity index is 2.21. The number of carboxylic acid groups (broad SMARTS) is 1. The predicted molar refractivity (Wildman–Crippen MR) is 59.6 cm³/mol. The molecule has 98 valence electrons. The number of carbonyl (C=O) groups excluding carboxylic acids is 1. The highest BCUT2D eigenvalue weighted by atomic mass is 16.4. The quantitative estimate of drug-likeness (QED) is 0.695. The molecule has 0 bridgehead atoms. The SMILES string of the molecule is CC1CCCCC1(NC(=O)c1nn[nH]n1)C(=O)O. The van der Waals surface area contributed by atoms with Gasteiger partial charge in [-0.15, -0.1) is 10.2 Å². The fourth-order valence-corrected chi connectivity index (χ4v) is 2.42. The third kappa shape index (κ3) is 2.05. The van der Waals surface area contributed by atoms with Gasteiger partial charge in [0.1, 0.15) is 5.54 Å². The summed E-state index contributed by atoms with van der Waals surface area (Å²) in [7, 11) is 0. The van der Waals surface area contributed by atoms with Gasteiger partial charge in [-0.1, -0.05) is 19.8 Å². The zero-order chi connectivity index (χ0) is 13.2. The number of carbonyl (C=O) groups is 2. The van der Waals surface area contributed by atoms with E-state index in [2.05, 4.69) is 25.9 Å². The zero-order valence-electron chi connectivity index (χ0n) is 10.0. The molecular formula is C10H15N5O3. The Hall–Kier alpha value is -1.99. The van der Waals surface area contributed by atoms with Crippen molar-refractivity contribution < 1.29 is 14.7 Å². The van der Waals surface area contributed by atoms with Gasteiger partial charge in [0.05, 0.1) is 0 Å². The van der Waals surface area contributed by atoms with Crippen molar-refractivity contribution in [2.24, 2.45) is 5.92 Å². The van der Waals surface area contributed by atoms with E-state index in [9.17, 15) is 14.7 Å². The highest BCUT2D eigenvalue weighted by Gasteiger charge is 2.46. The predicted octanol–water partition coefficient (Wildman–Crippen LogP) is -0.0370. The van der Waals surface area contributed by atoms with Crippen LogP contribution in [0.4, 0.5) is 0 Å². The smallest absolute Gasteiger partial charge is 0.329 e. The summed E-state index contributed by atoms with van der Waals surface area (Å²) in [4.78, 5) is 23.4. The number of nitrogens with zero attached hydrogens (tertiary/aromatic N) is 3. The molecule has 1 amide bonds. The van der Waals surface area contributed by atoms with E-state index in [1.807, 2.05) is 6.92 Å². The summed E-state index contributed by atoms with van der Waals surface area (Å²) in [5, 5.41) is 24.5. The molecule has 0 aliphatic heterocycles. The van der Waals surface area contributed by atoms with Gasteiger partial charge in [0.25, 0.3) is 11.7 Å². The highest BCUT2D eigenvalue weighted by Crippen LogP contribution is 2.34. The van der Waals surface area contributed by atoms with Crippen LogP contribution in [-0.2, 0) is 4.79 Å². The van der Waals surface area contributed by atoms with Crippen LogP contribution in [-0.4, -0.2) is 43.1 Å². The van der Waals surface area contributed by atoms with Gasteiger partial charge in [-0.25, -0.2) is 4.79 Å². The molecule has 1 aromatic heterocycles. The van der Waals surface area contributed by atoms with E-state index in [0.29, 0.717) is 6.42 Å². The Bertz CT molecular complexity index is 446. The molecule has 1 heterocycles. The normalized spacial score (nSPS) is 27.7. The summed E-state index contributed by atoms with van der Waals surface area (Å²) < 4.78 is 0. The second-order valence-electron chi connectivity index (χ2n) is 4.61. The van der Waals surface area contributed by atoms with Gasteiger partial charge in [-0.05, 0) is 24.0 Å². The van der Waals surface area contributed by atoms with E-state index in [-0.39, 0.29) is 11.7 Å². The van der Waals surface area contributed by atoms with Crippen molar-refractivity contribution >= 4 is 11.9 Å². The van der Waals surface area contributed by atoms with Crippen LogP contribution in [0, 0.1) is 5.92 Å². The fraction of sp³-hybridized carbons (Fsp3) is 0.700. The molecule has 2 unspecified atom stereocenters. The number of aromatic amines is 1. The molecule has 18 heavy (non-hydrogen) atoms. The molecule has 8 heteroatoms. The van der Waals surface area contributed by atoms with Crippen molar-refractivity contribution in [1.82, 2.24) is 25.9 Å². The van der Waals surface area contributed by atoms with Crippen LogP contribution in [0.1, 0.15) is 43.2 Å². The van der Waals surface area contributed by atoms with Crippen LogP contribution in [0.3, 0.4) is 0 Å². The van der Waals surface area contributed by atoms with Crippen molar-refractivity contribution in [2.45, 2.75) is 38.1 Å². The maximum absolute atomic E-state index is 11.9. The average Bonchev–Trinajstić information content (AvgIpc) is 2.85. The van der Waals surface area contributed by atoms with Gasteiger partial charge in [0.2, 0.25) is 0 Å². The molecule has 0 aromatic carbocycles. The largest absolute Gasteiger partial charge is 0.479 e. The number of rotatable bonds is 3. The first-order chi connectivity index (χ1) is 8.56. The van der Waals surface area contributed by atoms with Gasteiger partial charge < -0.3 is 10.4 Å². The maximum atomic E-state index is 11.9. The van der Waals surface area contributed by atoms with E-state index in [0.717, 1.165) is 19.3 Å². The lowest BCUT2D eigenvalue weighted by Crippen LogP contribution is -2.60. The number of tetrazole rings is 1. The summed E-state index contributed by atoms with van der Waals surface area (Å²) in [6.45, 7) is 1.84. The number of nitrogens with one attached hydrogen (secondary N) is 2. The maximum Gasteiger partial charge on any atom is 0.329 e. The Morgan fingerprint density at radius 1 is 1.50 bits per heavy atom. The molecule has 1 aliphatic rings. The van der Waals surface area contributed by atoms with Gasteiger partial charge >= 0.3 is 5.97 Å². The van der Waals surface area contributed by atoms with Crippen molar-refractivity contribution in [3.8, 4) is 0 Å². The molecular weight excluding hydrogens is 238 g/mol. The lowest BCUT2D eigenvalue weighted by molar-refractivity contribution is -0.148. The lowest BCUT2D eigenvalue weighted by Gasteiger charge is -2.39. The second-order valence-corrected chi connectivity index (χ2v) is 4.61. The number of amides is 1. The molecule has 1 aromatic rings. The number of aliphatic carboxylic acids is 1. The van der Waals surface area contributed by atoms with E-state index in [1.54, 1.807) is 0 Å². The first-order valence-electron chi connectivity index (χ1n) is 5.85. The van der Waals surface area contributed by atoms with Crippen LogP contribution < -0.4 is 5.32 Å². The lowest BCUT2D eigenvalue weighted by atomic mass is 9.73. The van der Waals surface area contributed by atoms with Crippen molar-refractivity contribution in [3.63, 3.8) is 0 Å². The molecule has 2 atom stereocenters. The average molecular weight is 253 g/mol. The Labute approximate surface area is 103 Å². The summed E-state index contributed by atoms with van der Waals surface area (Å²) in [5.41, 5.74) is -1.23. The van der Waals surface area contributed by atoms with Crippen LogP contribution in [0.5, 0.6) is 0 Å². The summed E-state index contributed by atoms with van der Waals surface area (Å²) >= 11 is 0. The third-order valence-electron chi connectivity index (χ3n) is 3.57. The minimum Gasteiger partial charge on any atom is -0.479 e. The molecule has 1 saturated carbocycles. The van der Waals surface area contributed by atoms with Crippen LogP contribution in [0.2, 0.25) is 0 Å². The third-order valence-corrected chi connectivity index (χ3v) is 3.57. The molecule has 1 fully saturated rings. The van der Waals surface area contributed by atoms with Gasteiger partial charge in [0, 0.05) is 0 Å². The van der Waals surface area contributed by atoms with Crippen LogP contribution in [0.25, 0.3) is 0 Å². The minimum absolute atomic E-state index is 0.125. The van der Waals surface area contributed by atoms with Crippen LogP contribution in [0.15, 0.2) is 0 Å². The monoisotopic (exact) mass is 253 g/mol. The highest BCUT2D eigenvalue weighted by molar-refractivity contribution is 5.95. The van der Waals surface area contributed by atoms with Crippen LogP contribution >= 0.6 is 0 Å². The van der Waals surface area contributed by atoms with Crippen molar-refractivity contribution in [1.29, 1.82) is 0 Å². The zero-order valence-corrected chi connectivity index (χ0v) is 10.0. The summed E-state index contributed by atoms with van der Waals surface area (Å²) in [6.07, 6.45) is 2.96. The fourth-order valence-electron chi connectivity index (χ4n) is 2.42. The molecule has 3 N–H and O–H groups in total. The Morgan fingerprint density at radius 2 is 2.28 bits per heavy atom. The number of H-pyrrole nitrogens is 1.